The highest BCUT2D eigenvalue weighted by Crippen LogP contribution is 2.03. The number of hydrogen-bond acceptors (Lipinski definition) is 3. The van der Waals surface area contributed by atoms with Crippen molar-refractivity contribution in [1.82, 2.24) is 5.32 Å². The molecule has 0 radical (unpaired) electrons. The lowest BCUT2D eigenvalue weighted by Crippen LogP contribution is -2.50. The van der Waals surface area contributed by atoms with E-state index in [2.05, 4.69) is 5.32 Å². The van der Waals surface area contributed by atoms with Crippen LogP contribution in [0.3, 0.4) is 0 Å². The van der Waals surface area contributed by atoms with E-state index in [1.165, 1.54) is 6.26 Å². The van der Waals surface area contributed by atoms with Crippen LogP contribution in [0.5, 0.6) is 0 Å². The predicted octanol–water partition coefficient (Wildman–Crippen LogP) is -0.365. The molecule has 0 aromatic rings. The summed E-state index contributed by atoms with van der Waals surface area (Å²) >= 11 is 0. The number of rotatable bonds is 1. The Morgan fingerprint density at radius 1 is 1.75 bits per heavy atom. The molecular weight excluding hydrogens is 124 g/mol. The van der Waals surface area contributed by atoms with Gasteiger partial charge in [-0.05, 0) is 0 Å². The molecule has 0 aromatic carbocycles. The van der Waals surface area contributed by atoms with Crippen LogP contribution >= 0.6 is 0 Å². The van der Waals surface area contributed by atoms with E-state index >= 15 is 0 Å². The third kappa shape index (κ3) is 1.00. The van der Waals surface area contributed by atoms with E-state index < -0.39 is 9.73 Å². The molecule has 2 N–H and O–H groups in total. The predicted molar refractivity (Wildman–Crippen MR) is 33.4 cm³/mol. The highest BCUT2D eigenvalue weighted by atomic mass is 32.2. The molecule has 1 heterocycles. The molecule has 1 saturated heterocycles. The highest BCUT2D eigenvalue weighted by Gasteiger charge is 2.23. The third-order valence-electron chi connectivity index (χ3n) is 1.38. The van der Waals surface area contributed by atoms with E-state index in [4.69, 9.17) is 4.78 Å². The zero-order valence-corrected chi connectivity index (χ0v) is 5.62. The van der Waals surface area contributed by atoms with Crippen molar-refractivity contribution in [3.63, 3.8) is 0 Å². The molecule has 0 aliphatic carbocycles. The van der Waals surface area contributed by atoms with Crippen LogP contribution in [0.15, 0.2) is 0 Å². The Bertz CT molecular complexity index is 168. The molecule has 0 aromatic heterocycles. The Balaban J connectivity index is 2.60. The minimum absolute atomic E-state index is 0.113. The lowest BCUT2D eigenvalue weighted by molar-refractivity contribution is 0.523. The van der Waals surface area contributed by atoms with Gasteiger partial charge in [0.25, 0.3) is 0 Å². The average molecular weight is 134 g/mol. The maximum atomic E-state index is 10.8. The Labute approximate surface area is 49.4 Å². The largest absolute Gasteiger partial charge is 0.314 e. The van der Waals surface area contributed by atoms with Crippen LogP contribution in [0.25, 0.3) is 0 Å². The molecule has 8 heavy (non-hydrogen) atoms. The molecule has 1 fully saturated rings. The fourth-order valence-electron chi connectivity index (χ4n) is 0.580. The summed E-state index contributed by atoms with van der Waals surface area (Å²) in [5.74, 6) is 0. The highest BCUT2D eigenvalue weighted by molar-refractivity contribution is 7.92. The van der Waals surface area contributed by atoms with Gasteiger partial charge in [0.15, 0.2) is 0 Å². The van der Waals surface area contributed by atoms with Gasteiger partial charge in [-0.1, -0.05) is 0 Å². The SMILES string of the molecule is CS(=N)(=O)C1CNC1. The summed E-state index contributed by atoms with van der Waals surface area (Å²) in [6, 6.07) is 0. The van der Waals surface area contributed by atoms with Gasteiger partial charge >= 0.3 is 0 Å². The molecule has 4 heteroatoms. The van der Waals surface area contributed by atoms with Gasteiger partial charge < -0.3 is 5.32 Å². The molecule has 0 spiro atoms. The summed E-state index contributed by atoms with van der Waals surface area (Å²) < 4.78 is 17.9. The standard InChI is InChI=1S/C4H10N2OS/c1-8(5,7)4-2-6-3-4/h4-6H,2-3H2,1H3. The van der Waals surface area contributed by atoms with Gasteiger partial charge in [0.05, 0.1) is 5.25 Å². The fourth-order valence-corrected chi connectivity index (χ4v) is 1.45. The zero-order valence-electron chi connectivity index (χ0n) is 4.81. The maximum absolute atomic E-state index is 10.8. The molecular formula is C4H10N2OS. The average Bonchev–Trinajstić information content (AvgIpc) is 1.16. The molecule has 48 valence electrons. The molecule has 0 bridgehead atoms. The molecule has 1 aliphatic rings. The van der Waals surface area contributed by atoms with E-state index in [1.807, 2.05) is 0 Å². The smallest absolute Gasteiger partial charge is 0.0674 e. The number of hydrogen-bond donors (Lipinski definition) is 2. The molecule has 3 nitrogen and oxygen atoms in total. The van der Waals surface area contributed by atoms with E-state index in [1.54, 1.807) is 0 Å². The van der Waals surface area contributed by atoms with Crippen molar-refractivity contribution in [3.05, 3.63) is 0 Å². The lowest BCUT2D eigenvalue weighted by Gasteiger charge is -2.26. The summed E-state index contributed by atoms with van der Waals surface area (Å²) in [4.78, 5) is 0. The van der Waals surface area contributed by atoms with Crippen molar-refractivity contribution in [2.75, 3.05) is 19.3 Å². The summed E-state index contributed by atoms with van der Waals surface area (Å²) in [6.07, 6.45) is 1.50. The lowest BCUT2D eigenvalue weighted by atomic mass is 10.3. The van der Waals surface area contributed by atoms with Gasteiger partial charge in [-0.15, -0.1) is 0 Å². The van der Waals surface area contributed by atoms with Crippen LogP contribution in [0.4, 0.5) is 0 Å². The minimum atomic E-state index is -2.23. The second-order valence-electron chi connectivity index (χ2n) is 2.18. The third-order valence-corrected chi connectivity index (χ3v) is 2.99. The Kier molecular flexibility index (Phi) is 1.28. The first-order chi connectivity index (χ1) is 3.61. The molecule has 1 aliphatic heterocycles. The van der Waals surface area contributed by atoms with Crippen molar-refractivity contribution < 1.29 is 4.21 Å². The van der Waals surface area contributed by atoms with Crippen LogP contribution in [-0.2, 0) is 9.73 Å². The first-order valence-electron chi connectivity index (χ1n) is 2.54. The zero-order chi connectivity index (χ0) is 6.20. The normalized spacial score (nSPS) is 28.6. The van der Waals surface area contributed by atoms with E-state index in [0.29, 0.717) is 0 Å². The summed E-state index contributed by atoms with van der Waals surface area (Å²) in [5, 5.41) is 3.08. The van der Waals surface area contributed by atoms with Crippen LogP contribution in [-0.4, -0.2) is 28.8 Å². The van der Waals surface area contributed by atoms with Crippen molar-refractivity contribution in [2.24, 2.45) is 0 Å². The van der Waals surface area contributed by atoms with Crippen LogP contribution in [0, 0.1) is 4.78 Å². The summed E-state index contributed by atoms with van der Waals surface area (Å²) in [6.45, 7) is 1.53. The summed E-state index contributed by atoms with van der Waals surface area (Å²) in [7, 11) is -2.23. The second-order valence-corrected chi connectivity index (χ2v) is 4.66. The minimum Gasteiger partial charge on any atom is -0.314 e. The number of nitrogens with one attached hydrogen (secondary N) is 2. The molecule has 0 amide bonds. The van der Waals surface area contributed by atoms with E-state index in [-0.39, 0.29) is 5.25 Å². The van der Waals surface area contributed by atoms with Crippen molar-refractivity contribution in [1.29, 1.82) is 4.78 Å². The van der Waals surface area contributed by atoms with Crippen LogP contribution in [0.2, 0.25) is 0 Å². The van der Waals surface area contributed by atoms with Gasteiger partial charge in [-0.25, -0.2) is 4.21 Å². The topological polar surface area (TPSA) is 53.0 Å². The monoisotopic (exact) mass is 134 g/mol. The first kappa shape index (κ1) is 6.04. The van der Waals surface area contributed by atoms with Gasteiger partial charge in [0.1, 0.15) is 0 Å². The van der Waals surface area contributed by atoms with Gasteiger partial charge in [0.2, 0.25) is 0 Å². The second kappa shape index (κ2) is 1.70. The van der Waals surface area contributed by atoms with E-state index in [9.17, 15) is 4.21 Å². The van der Waals surface area contributed by atoms with Crippen LogP contribution in [0.1, 0.15) is 0 Å². The van der Waals surface area contributed by atoms with Crippen molar-refractivity contribution in [2.45, 2.75) is 5.25 Å². The Morgan fingerprint density at radius 2 is 2.25 bits per heavy atom. The van der Waals surface area contributed by atoms with Crippen molar-refractivity contribution in [3.8, 4) is 0 Å². The van der Waals surface area contributed by atoms with Gasteiger partial charge in [0, 0.05) is 29.1 Å². The van der Waals surface area contributed by atoms with E-state index in [0.717, 1.165) is 13.1 Å². The quantitative estimate of drug-likeness (QED) is 0.514. The Morgan fingerprint density at radius 3 is 2.25 bits per heavy atom. The maximum Gasteiger partial charge on any atom is 0.0674 e. The van der Waals surface area contributed by atoms with Crippen molar-refractivity contribution >= 4 is 9.73 Å². The first-order valence-corrected chi connectivity index (χ1v) is 4.57. The van der Waals surface area contributed by atoms with Gasteiger partial charge in [-0.3, -0.25) is 4.78 Å². The van der Waals surface area contributed by atoms with Gasteiger partial charge in [-0.2, -0.15) is 0 Å². The fraction of sp³-hybridized carbons (Fsp3) is 1.00. The molecule has 1 rings (SSSR count). The summed E-state index contributed by atoms with van der Waals surface area (Å²) in [5.41, 5.74) is 0. The Hall–Kier alpha value is -0.0900. The molecule has 1 atom stereocenters. The molecule has 1 unspecified atom stereocenters. The molecule has 0 saturated carbocycles. The van der Waals surface area contributed by atoms with Crippen LogP contribution < -0.4 is 5.32 Å².